The lowest BCUT2D eigenvalue weighted by molar-refractivity contribution is -0.116. The Bertz CT molecular complexity index is 821. The van der Waals surface area contributed by atoms with Gasteiger partial charge >= 0.3 is 11.9 Å². The van der Waals surface area contributed by atoms with Crippen LogP contribution in [0.1, 0.15) is 34.8 Å². The largest absolute Gasteiger partial charge is 0.461 e. The number of nitrogens with one attached hydrogen (secondary N) is 1. The number of ether oxygens (including phenoxy) is 2. The summed E-state index contributed by atoms with van der Waals surface area (Å²) in [4.78, 5) is 36.3. The zero-order chi connectivity index (χ0) is 19.1. The molecule has 0 aliphatic heterocycles. The Balaban J connectivity index is 2.23. The van der Waals surface area contributed by atoms with E-state index in [4.69, 9.17) is 21.1 Å². The van der Waals surface area contributed by atoms with Crippen molar-refractivity contribution in [2.75, 3.05) is 18.5 Å². The third kappa shape index (κ3) is 4.79. The molecule has 1 aromatic carbocycles. The number of benzene rings is 1. The van der Waals surface area contributed by atoms with Gasteiger partial charge in [0.2, 0.25) is 11.6 Å². The fourth-order valence-electron chi connectivity index (χ4n) is 2.06. The quantitative estimate of drug-likeness (QED) is 0.730. The summed E-state index contributed by atoms with van der Waals surface area (Å²) in [6.07, 6.45) is 0. The number of esters is 2. The van der Waals surface area contributed by atoms with Gasteiger partial charge in [0.15, 0.2) is 5.69 Å². The number of rotatable bonds is 7. The lowest BCUT2D eigenvalue weighted by atomic mass is 10.3. The monoisotopic (exact) mass is 380 g/mol. The van der Waals surface area contributed by atoms with Crippen molar-refractivity contribution in [3.63, 3.8) is 0 Å². The van der Waals surface area contributed by atoms with Crippen LogP contribution in [0.15, 0.2) is 24.3 Å². The Kier molecular flexibility index (Phi) is 6.67. The minimum atomic E-state index is -0.823. The van der Waals surface area contributed by atoms with Gasteiger partial charge < -0.3 is 14.8 Å². The summed E-state index contributed by atoms with van der Waals surface area (Å²) in [5.74, 6) is -2.13. The van der Waals surface area contributed by atoms with Gasteiger partial charge in [-0.25, -0.2) is 14.3 Å². The molecule has 0 aliphatic rings. The van der Waals surface area contributed by atoms with E-state index in [0.717, 1.165) is 4.68 Å². The first-order valence-corrected chi connectivity index (χ1v) is 8.17. The first-order valence-electron chi connectivity index (χ1n) is 7.79. The summed E-state index contributed by atoms with van der Waals surface area (Å²) in [5, 5.41) is 10.4. The third-order valence-electron chi connectivity index (χ3n) is 3.07. The number of hydrogen-bond donors (Lipinski definition) is 1. The number of hydrogen-bond acceptors (Lipinski definition) is 7. The van der Waals surface area contributed by atoms with Crippen molar-refractivity contribution in [2.24, 2.45) is 0 Å². The lowest BCUT2D eigenvalue weighted by Gasteiger charge is -2.08. The van der Waals surface area contributed by atoms with Crippen LogP contribution in [0, 0.1) is 0 Å². The predicted octanol–water partition coefficient (Wildman–Crippen LogP) is 1.92. The van der Waals surface area contributed by atoms with E-state index in [1.807, 2.05) is 0 Å². The smallest absolute Gasteiger partial charge is 0.361 e. The zero-order valence-corrected chi connectivity index (χ0v) is 14.9. The van der Waals surface area contributed by atoms with Crippen LogP contribution in [-0.4, -0.2) is 46.1 Å². The molecule has 0 unspecified atom stereocenters. The number of halogens is 1. The number of carbonyl (C=O) groups excluding carboxylic acids is 3. The van der Waals surface area contributed by atoms with Crippen molar-refractivity contribution >= 4 is 35.1 Å². The molecule has 9 nitrogen and oxygen atoms in total. The second kappa shape index (κ2) is 8.95. The van der Waals surface area contributed by atoms with Gasteiger partial charge in [-0.2, -0.15) is 0 Å². The Morgan fingerprint density at radius 2 is 1.85 bits per heavy atom. The Labute approximate surface area is 154 Å². The fourth-order valence-corrected chi connectivity index (χ4v) is 2.26. The summed E-state index contributed by atoms with van der Waals surface area (Å²) in [6, 6.07) is 6.56. The number of anilines is 1. The van der Waals surface area contributed by atoms with Crippen LogP contribution in [0.4, 0.5) is 5.69 Å². The minimum Gasteiger partial charge on any atom is -0.461 e. The molecule has 0 saturated heterocycles. The van der Waals surface area contributed by atoms with E-state index in [-0.39, 0.29) is 31.1 Å². The Morgan fingerprint density at radius 1 is 1.15 bits per heavy atom. The molecule has 1 amide bonds. The second-order valence-electron chi connectivity index (χ2n) is 4.94. The molecular weight excluding hydrogens is 364 g/mol. The molecule has 26 heavy (non-hydrogen) atoms. The normalized spacial score (nSPS) is 10.3. The van der Waals surface area contributed by atoms with Crippen molar-refractivity contribution in [1.29, 1.82) is 0 Å². The van der Waals surface area contributed by atoms with E-state index in [0.29, 0.717) is 10.7 Å². The predicted molar refractivity (Wildman–Crippen MR) is 92.0 cm³/mol. The number of nitrogens with zero attached hydrogens (tertiary/aromatic N) is 3. The SMILES string of the molecule is CCOC(=O)c1nnn(CC(=O)Nc2cccc(Cl)c2)c1C(=O)OCC. The summed E-state index contributed by atoms with van der Waals surface area (Å²) in [7, 11) is 0. The van der Waals surface area contributed by atoms with Crippen molar-refractivity contribution in [2.45, 2.75) is 20.4 Å². The van der Waals surface area contributed by atoms with E-state index in [9.17, 15) is 14.4 Å². The maximum Gasteiger partial charge on any atom is 0.361 e. The van der Waals surface area contributed by atoms with Crippen LogP contribution in [0.3, 0.4) is 0 Å². The summed E-state index contributed by atoms with van der Waals surface area (Å²) in [5.41, 5.74) is -0.0710. The second-order valence-corrected chi connectivity index (χ2v) is 5.38. The Morgan fingerprint density at radius 3 is 2.50 bits per heavy atom. The average molecular weight is 381 g/mol. The van der Waals surface area contributed by atoms with Gasteiger partial charge in [-0.15, -0.1) is 5.10 Å². The zero-order valence-electron chi connectivity index (χ0n) is 14.2. The van der Waals surface area contributed by atoms with Crippen LogP contribution < -0.4 is 5.32 Å². The summed E-state index contributed by atoms with van der Waals surface area (Å²) in [6.45, 7) is 3.06. The van der Waals surface area contributed by atoms with E-state index in [1.54, 1.807) is 38.1 Å². The highest BCUT2D eigenvalue weighted by Gasteiger charge is 2.28. The van der Waals surface area contributed by atoms with Crippen molar-refractivity contribution in [1.82, 2.24) is 15.0 Å². The molecule has 2 rings (SSSR count). The highest BCUT2D eigenvalue weighted by atomic mass is 35.5. The fraction of sp³-hybridized carbons (Fsp3) is 0.312. The molecule has 0 spiro atoms. The van der Waals surface area contributed by atoms with Gasteiger partial charge in [0.25, 0.3) is 0 Å². The van der Waals surface area contributed by atoms with Crippen LogP contribution in [0.25, 0.3) is 0 Å². The summed E-state index contributed by atoms with van der Waals surface area (Å²) < 4.78 is 10.8. The van der Waals surface area contributed by atoms with E-state index >= 15 is 0 Å². The molecule has 138 valence electrons. The molecule has 0 fully saturated rings. The maximum absolute atomic E-state index is 12.2. The molecule has 1 aromatic heterocycles. The molecule has 0 aliphatic carbocycles. The van der Waals surface area contributed by atoms with E-state index in [2.05, 4.69) is 15.6 Å². The topological polar surface area (TPSA) is 112 Å². The molecule has 2 aromatic rings. The molecule has 0 radical (unpaired) electrons. The maximum atomic E-state index is 12.2. The molecule has 0 saturated carbocycles. The molecular formula is C16H17ClN4O5. The highest BCUT2D eigenvalue weighted by molar-refractivity contribution is 6.30. The van der Waals surface area contributed by atoms with Gasteiger partial charge in [-0.05, 0) is 32.0 Å². The first kappa shape index (κ1) is 19.4. The molecule has 1 heterocycles. The average Bonchev–Trinajstić information content (AvgIpc) is 2.98. The molecule has 10 heteroatoms. The van der Waals surface area contributed by atoms with Crippen LogP contribution in [0.2, 0.25) is 5.02 Å². The molecule has 0 atom stereocenters. The lowest BCUT2D eigenvalue weighted by Crippen LogP contribution is -2.24. The van der Waals surface area contributed by atoms with Crippen LogP contribution >= 0.6 is 11.6 Å². The van der Waals surface area contributed by atoms with Gasteiger partial charge in [-0.3, -0.25) is 4.79 Å². The minimum absolute atomic E-state index is 0.0843. The van der Waals surface area contributed by atoms with Gasteiger partial charge in [-0.1, -0.05) is 22.9 Å². The van der Waals surface area contributed by atoms with E-state index < -0.39 is 17.8 Å². The van der Waals surface area contributed by atoms with Gasteiger partial charge in [0, 0.05) is 10.7 Å². The van der Waals surface area contributed by atoms with Crippen LogP contribution in [-0.2, 0) is 20.8 Å². The highest BCUT2D eigenvalue weighted by Crippen LogP contribution is 2.15. The Hall–Kier alpha value is -2.94. The standard InChI is InChI=1S/C16H17ClN4O5/c1-3-25-15(23)13-14(16(24)26-4-2)21(20-19-13)9-12(22)18-11-7-5-6-10(17)8-11/h5-8H,3-4,9H2,1-2H3,(H,18,22). The third-order valence-corrected chi connectivity index (χ3v) is 3.31. The summed E-state index contributed by atoms with van der Waals surface area (Å²) >= 11 is 5.87. The first-order chi connectivity index (χ1) is 12.5. The van der Waals surface area contributed by atoms with Gasteiger partial charge in [0.1, 0.15) is 6.54 Å². The van der Waals surface area contributed by atoms with Crippen molar-refractivity contribution < 1.29 is 23.9 Å². The van der Waals surface area contributed by atoms with Crippen molar-refractivity contribution in [3.8, 4) is 0 Å². The van der Waals surface area contributed by atoms with Crippen molar-refractivity contribution in [3.05, 3.63) is 40.7 Å². The number of aromatic nitrogens is 3. The van der Waals surface area contributed by atoms with Crippen LogP contribution in [0.5, 0.6) is 0 Å². The molecule has 0 bridgehead atoms. The van der Waals surface area contributed by atoms with Gasteiger partial charge in [0.05, 0.1) is 13.2 Å². The molecule has 1 N–H and O–H groups in total. The number of amides is 1. The van der Waals surface area contributed by atoms with E-state index in [1.165, 1.54) is 0 Å². The number of carbonyl (C=O) groups is 3.